The number of hydrogen-bond acceptors (Lipinski definition) is 3. The van der Waals surface area contributed by atoms with Crippen molar-refractivity contribution in [2.75, 3.05) is 24.7 Å². The molecule has 0 radical (unpaired) electrons. The molecule has 2 aromatic carbocycles. The summed E-state index contributed by atoms with van der Waals surface area (Å²) in [7, 11) is 3.89. The molecule has 112 valence electrons. The summed E-state index contributed by atoms with van der Waals surface area (Å²) >= 11 is 0. The maximum absolute atomic E-state index is 13.4. The van der Waals surface area contributed by atoms with Crippen molar-refractivity contribution in [1.82, 2.24) is 4.98 Å². The van der Waals surface area contributed by atoms with Crippen LogP contribution in [-0.4, -0.2) is 19.1 Å². The molecule has 3 rings (SSSR count). The number of nitrogens with zero attached hydrogens (tertiary/aromatic N) is 2. The predicted molar refractivity (Wildman–Crippen MR) is 85.8 cm³/mol. The van der Waals surface area contributed by atoms with Gasteiger partial charge in [0, 0.05) is 30.7 Å². The molecule has 0 aliphatic carbocycles. The number of rotatable bonds is 2. The number of aromatic nitrogens is 1. The molecule has 0 fully saturated rings. The van der Waals surface area contributed by atoms with E-state index >= 15 is 0 Å². The molecular weight excluding hydrogens is 284 g/mol. The van der Waals surface area contributed by atoms with Gasteiger partial charge in [-0.25, -0.2) is 13.8 Å². The van der Waals surface area contributed by atoms with Gasteiger partial charge in [-0.05, 0) is 35.9 Å². The number of benzene rings is 2. The van der Waals surface area contributed by atoms with Crippen molar-refractivity contribution in [2.24, 2.45) is 0 Å². The topological polar surface area (TPSA) is 42.1 Å². The summed E-state index contributed by atoms with van der Waals surface area (Å²) in [6.07, 6.45) is 0. The lowest BCUT2D eigenvalue weighted by molar-refractivity contribution is 0.509. The fourth-order valence-electron chi connectivity index (χ4n) is 2.34. The van der Waals surface area contributed by atoms with Crippen molar-refractivity contribution in [3.63, 3.8) is 0 Å². The van der Waals surface area contributed by atoms with E-state index in [1.54, 1.807) is 0 Å². The monoisotopic (exact) mass is 299 g/mol. The summed E-state index contributed by atoms with van der Waals surface area (Å²) in [6.45, 7) is 0. The summed E-state index contributed by atoms with van der Waals surface area (Å²) < 4.78 is 26.5. The van der Waals surface area contributed by atoms with Crippen LogP contribution in [0.4, 0.5) is 20.3 Å². The Morgan fingerprint density at radius 3 is 2.41 bits per heavy atom. The van der Waals surface area contributed by atoms with Gasteiger partial charge in [0.1, 0.15) is 5.82 Å². The van der Waals surface area contributed by atoms with E-state index in [4.69, 9.17) is 5.73 Å². The van der Waals surface area contributed by atoms with E-state index in [1.165, 1.54) is 6.07 Å². The van der Waals surface area contributed by atoms with E-state index in [0.717, 1.165) is 28.7 Å². The first-order valence-electron chi connectivity index (χ1n) is 6.79. The molecule has 0 bridgehead atoms. The zero-order valence-electron chi connectivity index (χ0n) is 12.3. The molecule has 3 nitrogen and oxygen atoms in total. The van der Waals surface area contributed by atoms with E-state index in [-0.39, 0.29) is 5.82 Å². The third-order valence-electron chi connectivity index (χ3n) is 3.58. The molecule has 0 saturated heterocycles. The Labute approximate surface area is 127 Å². The van der Waals surface area contributed by atoms with Gasteiger partial charge in [0.25, 0.3) is 0 Å². The van der Waals surface area contributed by atoms with Crippen molar-refractivity contribution in [1.29, 1.82) is 0 Å². The Bertz CT molecular complexity index is 860. The van der Waals surface area contributed by atoms with Gasteiger partial charge in [-0.3, -0.25) is 0 Å². The molecule has 0 unspecified atom stereocenters. The number of hydrogen-bond donors (Lipinski definition) is 1. The molecule has 5 heteroatoms. The Balaban J connectivity index is 2.16. The van der Waals surface area contributed by atoms with E-state index in [0.29, 0.717) is 11.1 Å². The van der Waals surface area contributed by atoms with Gasteiger partial charge in [-0.15, -0.1) is 0 Å². The smallest absolute Gasteiger partial charge is 0.159 e. The predicted octanol–water partition coefficient (Wildman–Crippen LogP) is 3.83. The fourth-order valence-corrected chi connectivity index (χ4v) is 2.34. The second-order valence-electron chi connectivity index (χ2n) is 5.32. The van der Waals surface area contributed by atoms with Crippen molar-refractivity contribution in [3.05, 3.63) is 54.1 Å². The molecule has 3 aromatic rings. The number of nitrogen functional groups attached to an aromatic ring is 1. The zero-order valence-corrected chi connectivity index (χ0v) is 12.3. The maximum atomic E-state index is 13.4. The highest BCUT2D eigenvalue weighted by molar-refractivity contribution is 5.90. The molecule has 22 heavy (non-hydrogen) atoms. The number of nitrogens with two attached hydrogens (primary N) is 1. The standard InChI is InChI=1S/C17H15F2N3/c1-22(2)12-5-3-11-7-13(17(20)21-16(11)9-12)10-4-6-14(18)15(19)8-10/h3-9H,1-2H3,(H2,20,21). The molecule has 0 aliphatic heterocycles. The summed E-state index contributed by atoms with van der Waals surface area (Å²) in [6, 6.07) is 11.4. The van der Waals surface area contributed by atoms with Crippen LogP contribution in [-0.2, 0) is 0 Å². The van der Waals surface area contributed by atoms with Crippen LogP contribution in [0.2, 0.25) is 0 Å². The minimum absolute atomic E-state index is 0.286. The number of anilines is 2. The second kappa shape index (κ2) is 5.26. The lowest BCUT2D eigenvalue weighted by Gasteiger charge is -2.14. The Morgan fingerprint density at radius 1 is 0.955 bits per heavy atom. The Hall–Kier alpha value is -2.69. The lowest BCUT2D eigenvalue weighted by atomic mass is 10.0. The minimum atomic E-state index is -0.903. The number of fused-ring (bicyclic) bond motifs is 1. The molecule has 1 aromatic heterocycles. The van der Waals surface area contributed by atoms with Crippen molar-refractivity contribution < 1.29 is 8.78 Å². The highest BCUT2D eigenvalue weighted by Gasteiger charge is 2.10. The van der Waals surface area contributed by atoms with Gasteiger partial charge < -0.3 is 10.6 Å². The highest BCUT2D eigenvalue weighted by atomic mass is 19.2. The van der Waals surface area contributed by atoms with E-state index in [2.05, 4.69) is 4.98 Å². The molecule has 0 aliphatic rings. The molecule has 0 amide bonds. The van der Waals surface area contributed by atoms with Crippen LogP contribution in [0.5, 0.6) is 0 Å². The van der Waals surface area contributed by atoms with Gasteiger partial charge in [0.2, 0.25) is 0 Å². The van der Waals surface area contributed by atoms with Crippen LogP contribution >= 0.6 is 0 Å². The van der Waals surface area contributed by atoms with Crippen LogP contribution in [0.1, 0.15) is 0 Å². The molecule has 0 spiro atoms. The minimum Gasteiger partial charge on any atom is -0.383 e. The zero-order chi connectivity index (χ0) is 15.9. The highest BCUT2D eigenvalue weighted by Crippen LogP contribution is 2.30. The maximum Gasteiger partial charge on any atom is 0.159 e. The molecule has 0 atom stereocenters. The van der Waals surface area contributed by atoms with E-state index in [1.807, 2.05) is 43.3 Å². The Morgan fingerprint density at radius 2 is 1.73 bits per heavy atom. The largest absolute Gasteiger partial charge is 0.383 e. The van der Waals surface area contributed by atoms with Gasteiger partial charge in [-0.1, -0.05) is 12.1 Å². The Kier molecular flexibility index (Phi) is 3.41. The number of pyridine rings is 1. The average molecular weight is 299 g/mol. The first kappa shape index (κ1) is 14.3. The van der Waals surface area contributed by atoms with Crippen molar-refractivity contribution >= 4 is 22.4 Å². The lowest BCUT2D eigenvalue weighted by Crippen LogP contribution is -2.08. The number of halogens is 2. The molecule has 1 heterocycles. The van der Waals surface area contributed by atoms with Gasteiger partial charge in [-0.2, -0.15) is 0 Å². The third-order valence-corrected chi connectivity index (χ3v) is 3.58. The molecule has 2 N–H and O–H groups in total. The van der Waals surface area contributed by atoms with Gasteiger partial charge >= 0.3 is 0 Å². The van der Waals surface area contributed by atoms with Crippen molar-refractivity contribution in [3.8, 4) is 11.1 Å². The van der Waals surface area contributed by atoms with Crippen LogP contribution in [0.3, 0.4) is 0 Å². The normalized spacial score (nSPS) is 10.9. The summed E-state index contributed by atoms with van der Waals surface area (Å²) in [4.78, 5) is 6.35. The van der Waals surface area contributed by atoms with Crippen LogP contribution < -0.4 is 10.6 Å². The average Bonchev–Trinajstić information content (AvgIpc) is 2.48. The fraction of sp³-hybridized carbons (Fsp3) is 0.118. The van der Waals surface area contributed by atoms with Gasteiger partial charge in [0.15, 0.2) is 11.6 Å². The summed E-state index contributed by atoms with van der Waals surface area (Å²) in [5, 5.41) is 0.888. The van der Waals surface area contributed by atoms with E-state index in [9.17, 15) is 8.78 Å². The second-order valence-corrected chi connectivity index (χ2v) is 5.32. The van der Waals surface area contributed by atoms with Gasteiger partial charge in [0.05, 0.1) is 5.52 Å². The molecule has 0 saturated carbocycles. The van der Waals surface area contributed by atoms with Crippen LogP contribution in [0.15, 0.2) is 42.5 Å². The SMILES string of the molecule is CN(C)c1ccc2cc(-c3ccc(F)c(F)c3)c(N)nc2c1. The quantitative estimate of drug-likeness (QED) is 0.782. The molecular formula is C17H15F2N3. The van der Waals surface area contributed by atoms with Crippen LogP contribution in [0.25, 0.3) is 22.0 Å². The third kappa shape index (κ3) is 2.45. The van der Waals surface area contributed by atoms with Crippen LogP contribution in [0, 0.1) is 11.6 Å². The van der Waals surface area contributed by atoms with Crippen molar-refractivity contribution in [2.45, 2.75) is 0 Å². The van der Waals surface area contributed by atoms with E-state index < -0.39 is 11.6 Å². The summed E-state index contributed by atoms with van der Waals surface area (Å²) in [5.74, 6) is -1.50. The first-order valence-corrected chi connectivity index (χ1v) is 6.79. The first-order chi connectivity index (χ1) is 10.5. The summed E-state index contributed by atoms with van der Waals surface area (Å²) in [5.41, 5.74) is 8.85.